The molecule has 0 N–H and O–H groups in total. The summed E-state index contributed by atoms with van der Waals surface area (Å²) in [5.41, 5.74) is 8.90. The third-order valence-corrected chi connectivity index (χ3v) is 12.4. The van der Waals surface area contributed by atoms with Crippen LogP contribution >= 0.6 is 0 Å². The van der Waals surface area contributed by atoms with Crippen LogP contribution in [0.1, 0.15) is 123 Å². The number of hydrogen-bond acceptors (Lipinski definition) is 0. The molecule has 0 bridgehead atoms. The van der Waals surface area contributed by atoms with Gasteiger partial charge in [0.25, 0.3) is 0 Å². The van der Waals surface area contributed by atoms with Gasteiger partial charge in [-0.25, -0.2) is 0 Å². The topological polar surface area (TPSA) is 0 Å². The Morgan fingerprint density at radius 2 is 1.50 bits per heavy atom. The Bertz CT molecular complexity index is 1210. The van der Waals surface area contributed by atoms with Gasteiger partial charge < -0.3 is 0 Å². The molecule has 0 saturated heterocycles. The maximum absolute atomic E-state index is 4.46. The molecule has 5 rings (SSSR count). The highest BCUT2D eigenvalue weighted by Crippen LogP contribution is 2.74. The van der Waals surface area contributed by atoms with Crippen molar-refractivity contribution >= 4 is 12.7 Å². The standard InChI is InChI=1S/C33H46.C3H8/c1-21(2)30(7)14-13-29(6)15-17-32(9)27-12-11-25-24(5)23(4)22(3)19-26(25)31(27,8)16-18-33(32,10)28(29)20-30;1-3-2/h11-12,19,28H,1,3,13-18,20H2,2,4-10H3;3H2,1-2H3/t28?,29?,30-,31?,32?,33+;/m1./s1. The van der Waals surface area contributed by atoms with Gasteiger partial charge in [0, 0.05) is 5.41 Å². The van der Waals surface area contributed by atoms with Gasteiger partial charge >= 0.3 is 0 Å². The number of allylic oxidation sites excluding steroid dienone is 3. The second-order valence-electron chi connectivity index (χ2n) is 14.5. The predicted octanol–water partition coefficient (Wildman–Crippen LogP) is 9.10. The van der Waals surface area contributed by atoms with Crippen LogP contribution in [0, 0.1) is 41.4 Å². The Labute approximate surface area is 223 Å². The molecular formula is C36H54. The molecule has 0 spiro atoms. The predicted molar refractivity (Wildman–Crippen MR) is 160 cm³/mol. The summed E-state index contributed by atoms with van der Waals surface area (Å²) in [5.74, 6) is 0.759. The van der Waals surface area contributed by atoms with E-state index in [4.69, 9.17) is 0 Å². The second kappa shape index (κ2) is 8.74. The molecule has 4 unspecified atom stereocenters. The van der Waals surface area contributed by atoms with Gasteiger partial charge in [0.2, 0.25) is 0 Å². The van der Waals surface area contributed by atoms with E-state index in [1.807, 2.05) is 0 Å². The molecule has 3 saturated carbocycles. The van der Waals surface area contributed by atoms with Crippen LogP contribution in [0.2, 0.25) is 0 Å². The van der Waals surface area contributed by atoms with Gasteiger partial charge in [-0.15, -0.1) is 0 Å². The van der Waals surface area contributed by atoms with Crippen LogP contribution < -0.4 is 10.4 Å². The van der Waals surface area contributed by atoms with Crippen molar-refractivity contribution in [1.82, 2.24) is 0 Å². The highest BCUT2D eigenvalue weighted by molar-refractivity contribution is 5.59. The van der Waals surface area contributed by atoms with Crippen molar-refractivity contribution in [2.24, 2.45) is 27.6 Å². The van der Waals surface area contributed by atoms with Crippen molar-refractivity contribution in [3.63, 3.8) is 0 Å². The van der Waals surface area contributed by atoms with Crippen molar-refractivity contribution in [1.29, 1.82) is 0 Å². The molecule has 36 heavy (non-hydrogen) atoms. The van der Waals surface area contributed by atoms with E-state index in [1.165, 1.54) is 78.5 Å². The first kappa shape index (κ1) is 27.5. The van der Waals surface area contributed by atoms with E-state index in [0.29, 0.717) is 16.2 Å². The number of hydrogen-bond donors (Lipinski definition) is 0. The van der Waals surface area contributed by atoms with Crippen molar-refractivity contribution in [2.45, 2.75) is 126 Å². The summed E-state index contributed by atoms with van der Waals surface area (Å²) in [7, 11) is 0. The summed E-state index contributed by atoms with van der Waals surface area (Å²) in [6, 6.07) is 2.43. The smallest absolute Gasteiger partial charge is 0.0148 e. The zero-order chi connectivity index (χ0) is 26.9. The van der Waals surface area contributed by atoms with Crippen LogP contribution in [-0.2, 0) is 5.41 Å². The third kappa shape index (κ3) is 3.60. The largest absolute Gasteiger partial charge is 0.0996 e. The summed E-state index contributed by atoms with van der Waals surface area (Å²) < 4.78 is 0. The molecule has 3 fully saturated rings. The van der Waals surface area contributed by atoms with Crippen LogP contribution in [0.15, 0.2) is 29.9 Å². The molecular weight excluding hydrogens is 432 g/mol. The first-order chi connectivity index (χ1) is 16.6. The minimum Gasteiger partial charge on any atom is -0.0996 e. The maximum atomic E-state index is 4.46. The number of benzene rings is 1. The lowest BCUT2D eigenvalue weighted by Crippen LogP contribution is -2.62. The lowest BCUT2D eigenvalue weighted by atomic mass is 9.34. The first-order valence-corrected chi connectivity index (χ1v) is 14.8. The molecule has 0 radical (unpaired) electrons. The maximum Gasteiger partial charge on any atom is 0.0148 e. The van der Waals surface area contributed by atoms with Crippen LogP contribution in [0.25, 0.3) is 12.7 Å². The highest BCUT2D eigenvalue weighted by Gasteiger charge is 2.66. The van der Waals surface area contributed by atoms with E-state index >= 15 is 0 Å². The lowest BCUT2D eigenvalue weighted by Gasteiger charge is -2.70. The second-order valence-corrected chi connectivity index (χ2v) is 14.5. The normalized spacial score (nSPS) is 40.7. The zero-order valence-electron chi connectivity index (χ0n) is 25.4. The van der Waals surface area contributed by atoms with Crippen molar-refractivity contribution in [3.8, 4) is 0 Å². The quantitative estimate of drug-likeness (QED) is 0.347. The summed E-state index contributed by atoms with van der Waals surface area (Å²) in [6.07, 6.45) is 15.5. The summed E-state index contributed by atoms with van der Waals surface area (Å²) in [6.45, 7) is 33.0. The molecule has 4 aliphatic carbocycles. The van der Waals surface area contributed by atoms with Gasteiger partial charge in [0.05, 0.1) is 0 Å². The van der Waals surface area contributed by atoms with Gasteiger partial charge in [-0.1, -0.05) is 97.4 Å². The number of rotatable bonds is 1. The van der Waals surface area contributed by atoms with Gasteiger partial charge in [-0.2, -0.15) is 0 Å². The van der Waals surface area contributed by atoms with Crippen molar-refractivity contribution in [3.05, 3.63) is 57.0 Å². The molecule has 0 heterocycles. The summed E-state index contributed by atoms with van der Waals surface area (Å²) >= 11 is 0. The molecule has 1 aromatic carbocycles. The molecule has 198 valence electrons. The van der Waals surface area contributed by atoms with E-state index in [-0.39, 0.29) is 10.8 Å². The van der Waals surface area contributed by atoms with Crippen LogP contribution in [0.4, 0.5) is 0 Å². The zero-order valence-corrected chi connectivity index (χ0v) is 25.4. The Kier molecular flexibility index (Phi) is 6.67. The molecule has 4 aliphatic rings. The Hall–Kier alpha value is -1.56. The van der Waals surface area contributed by atoms with E-state index < -0.39 is 0 Å². The van der Waals surface area contributed by atoms with E-state index in [2.05, 4.69) is 101 Å². The van der Waals surface area contributed by atoms with Gasteiger partial charge in [0.15, 0.2) is 0 Å². The molecule has 0 nitrogen and oxygen atoms in total. The van der Waals surface area contributed by atoms with E-state index in [0.717, 1.165) is 5.92 Å². The Morgan fingerprint density at radius 1 is 0.889 bits per heavy atom. The molecule has 0 heteroatoms. The fraction of sp³-hybridized carbons (Fsp3) is 0.667. The highest BCUT2D eigenvalue weighted by atomic mass is 14.7. The first-order valence-electron chi connectivity index (χ1n) is 14.8. The van der Waals surface area contributed by atoms with Crippen molar-refractivity contribution in [2.75, 3.05) is 0 Å². The third-order valence-electron chi connectivity index (χ3n) is 12.4. The minimum absolute atomic E-state index is 0.128. The fourth-order valence-electron chi connectivity index (χ4n) is 9.06. The average molecular weight is 487 g/mol. The molecule has 6 atom stereocenters. The van der Waals surface area contributed by atoms with Gasteiger partial charge in [0.1, 0.15) is 0 Å². The SMILES string of the molecule is C=C(C)[C@]1(C)CCC2(C)CCC3(C)C4=CC=c5c(cc(=C)c(C)c5C)C4(C)CC[C@@]3(C)C2C1.CCC. The fourth-order valence-corrected chi connectivity index (χ4v) is 9.06. The van der Waals surface area contributed by atoms with Crippen LogP contribution in [0.5, 0.6) is 0 Å². The van der Waals surface area contributed by atoms with Crippen molar-refractivity contribution < 1.29 is 0 Å². The lowest BCUT2D eigenvalue weighted by molar-refractivity contribution is -0.154. The summed E-state index contributed by atoms with van der Waals surface area (Å²) in [5, 5.41) is 2.67. The van der Waals surface area contributed by atoms with Gasteiger partial charge in [-0.3, -0.25) is 0 Å². The average Bonchev–Trinajstić information content (AvgIpc) is 2.81. The van der Waals surface area contributed by atoms with E-state index in [9.17, 15) is 0 Å². The Morgan fingerprint density at radius 3 is 2.11 bits per heavy atom. The van der Waals surface area contributed by atoms with Crippen LogP contribution in [0.3, 0.4) is 0 Å². The van der Waals surface area contributed by atoms with Crippen LogP contribution in [-0.4, -0.2) is 0 Å². The molecule has 1 aromatic rings. The minimum atomic E-state index is 0.128. The summed E-state index contributed by atoms with van der Waals surface area (Å²) in [4.78, 5) is 0. The molecule has 0 aromatic heterocycles. The van der Waals surface area contributed by atoms with Gasteiger partial charge in [-0.05, 0) is 120 Å². The number of fused-ring (bicyclic) bond motifs is 7. The molecule has 0 amide bonds. The Balaban J connectivity index is 0.000000967. The monoisotopic (exact) mass is 486 g/mol. The van der Waals surface area contributed by atoms with E-state index in [1.54, 1.807) is 11.1 Å². The molecule has 0 aliphatic heterocycles.